The van der Waals surface area contributed by atoms with Crippen LogP contribution < -0.4 is 11.5 Å². The Labute approximate surface area is 68.3 Å². The summed E-state index contributed by atoms with van der Waals surface area (Å²) < 4.78 is 0. The molecule has 2 bridgehead atoms. The maximum atomic E-state index is 5.68. The normalized spacial score (nSPS) is 48.5. The van der Waals surface area contributed by atoms with Gasteiger partial charge >= 0.3 is 0 Å². The Morgan fingerprint density at radius 1 is 0.818 bits per heavy atom. The first kappa shape index (κ1) is 7.56. The quantitative estimate of drug-likeness (QED) is 0.611. The molecule has 0 unspecified atom stereocenters. The van der Waals surface area contributed by atoms with Crippen molar-refractivity contribution in [2.24, 2.45) is 35.1 Å². The molecule has 0 aromatic carbocycles. The van der Waals surface area contributed by atoms with Crippen LogP contribution >= 0.6 is 0 Å². The fraction of sp³-hybridized carbons (Fsp3) is 1.00. The van der Waals surface area contributed by atoms with Crippen LogP contribution in [0.5, 0.6) is 0 Å². The van der Waals surface area contributed by atoms with Crippen molar-refractivity contribution in [2.75, 3.05) is 13.1 Å². The Kier molecular flexibility index (Phi) is 1.90. The van der Waals surface area contributed by atoms with Crippen molar-refractivity contribution in [1.82, 2.24) is 0 Å². The Morgan fingerprint density at radius 2 is 1.27 bits per heavy atom. The topological polar surface area (TPSA) is 52.0 Å². The minimum atomic E-state index is 0.836. The lowest BCUT2D eigenvalue weighted by molar-refractivity contribution is 0.267. The van der Waals surface area contributed by atoms with E-state index in [4.69, 9.17) is 11.5 Å². The third-order valence-corrected chi connectivity index (χ3v) is 3.76. The van der Waals surface area contributed by atoms with Gasteiger partial charge in [0.2, 0.25) is 0 Å². The molecule has 0 aromatic heterocycles. The molecule has 0 spiro atoms. The standard InChI is InChI=1S/C9H18N2/c10-4-8-2-6-1-7(8)3-9(6)5-11/h6-9H,1-5,10-11H2/t6-,7-,8-,9-/m1/s1. The monoisotopic (exact) mass is 154 g/mol. The fourth-order valence-electron chi connectivity index (χ4n) is 3.09. The van der Waals surface area contributed by atoms with E-state index in [-0.39, 0.29) is 0 Å². The lowest BCUT2D eigenvalue weighted by Gasteiger charge is -2.25. The molecule has 4 atom stereocenters. The predicted molar refractivity (Wildman–Crippen MR) is 45.9 cm³/mol. The lowest BCUT2D eigenvalue weighted by Crippen LogP contribution is -2.27. The van der Waals surface area contributed by atoms with Gasteiger partial charge in [0.05, 0.1) is 0 Å². The Morgan fingerprint density at radius 3 is 1.55 bits per heavy atom. The van der Waals surface area contributed by atoms with Crippen molar-refractivity contribution < 1.29 is 0 Å². The van der Waals surface area contributed by atoms with Crippen molar-refractivity contribution in [3.8, 4) is 0 Å². The second-order valence-corrected chi connectivity index (χ2v) is 4.22. The van der Waals surface area contributed by atoms with E-state index >= 15 is 0 Å². The van der Waals surface area contributed by atoms with E-state index in [9.17, 15) is 0 Å². The molecule has 2 heteroatoms. The summed E-state index contributed by atoms with van der Waals surface area (Å²) in [6, 6.07) is 0. The molecule has 4 N–H and O–H groups in total. The van der Waals surface area contributed by atoms with E-state index in [0.29, 0.717) is 0 Å². The average Bonchev–Trinajstić information content (AvgIpc) is 2.60. The Balaban J connectivity index is 1.97. The smallest absolute Gasteiger partial charge is 0.00461 e. The number of nitrogens with two attached hydrogens (primary N) is 2. The summed E-state index contributed by atoms with van der Waals surface area (Å²) in [7, 11) is 0. The molecular formula is C9H18N2. The lowest BCUT2D eigenvalue weighted by atomic mass is 9.82. The van der Waals surface area contributed by atoms with Crippen molar-refractivity contribution in [3.63, 3.8) is 0 Å². The molecule has 0 aliphatic heterocycles. The van der Waals surface area contributed by atoms with Gasteiger partial charge in [0.1, 0.15) is 0 Å². The second kappa shape index (κ2) is 2.76. The van der Waals surface area contributed by atoms with Crippen LogP contribution in [0.25, 0.3) is 0 Å². The van der Waals surface area contributed by atoms with Crippen molar-refractivity contribution in [1.29, 1.82) is 0 Å². The summed E-state index contributed by atoms with van der Waals surface area (Å²) in [5.41, 5.74) is 11.4. The van der Waals surface area contributed by atoms with Gasteiger partial charge in [-0.3, -0.25) is 0 Å². The third kappa shape index (κ3) is 1.09. The predicted octanol–water partition coefficient (Wildman–Crippen LogP) is 0.566. The van der Waals surface area contributed by atoms with E-state index in [1.807, 2.05) is 0 Å². The zero-order valence-electron chi connectivity index (χ0n) is 7.00. The highest BCUT2D eigenvalue weighted by atomic mass is 14.6. The van der Waals surface area contributed by atoms with Crippen LogP contribution in [0.1, 0.15) is 19.3 Å². The van der Waals surface area contributed by atoms with Gasteiger partial charge in [0.15, 0.2) is 0 Å². The number of fused-ring (bicyclic) bond motifs is 2. The summed E-state index contributed by atoms with van der Waals surface area (Å²) in [4.78, 5) is 0. The van der Waals surface area contributed by atoms with Crippen LogP contribution in [0.2, 0.25) is 0 Å². The molecule has 2 saturated carbocycles. The van der Waals surface area contributed by atoms with E-state index < -0.39 is 0 Å². The summed E-state index contributed by atoms with van der Waals surface area (Å²) >= 11 is 0. The molecular weight excluding hydrogens is 136 g/mol. The molecule has 2 aliphatic carbocycles. The molecule has 2 aliphatic rings. The van der Waals surface area contributed by atoms with Crippen LogP contribution in [-0.4, -0.2) is 13.1 Å². The first-order valence-corrected chi connectivity index (χ1v) is 4.75. The molecule has 0 amide bonds. The van der Waals surface area contributed by atoms with Crippen LogP contribution in [0.3, 0.4) is 0 Å². The van der Waals surface area contributed by atoms with Crippen LogP contribution in [0.15, 0.2) is 0 Å². The SMILES string of the molecule is NC[C@H]1C[C@H]2C[C@@H]1C[C@@H]2CN. The summed E-state index contributed by atoms with van der Waals surface area (Å²) in [6.07, 6.45) is 4.15. The number of rotatable bonds is 2. The number of hydrogen-bond acceptors (Lipinski definition) is 2. The van der Waals surface area contributed by atoms with Gasteiger partial charge in [-0.2, -0.15) is 0 Å². The van der Waals surface area contributed by atoms with Gasteiger partial charge in [-0.05, 0) is 56.0 Å². The molecule has 11 heavy (non-hydrogen) atoms. The minimum absolute atomic E-state index is 0.836. The third-order valence-electron chi connectivity index (χ3n) is 3.76. The molecule has 2 fully saturated rings. The highest BCUT2D eigenvalue weighted by molar-refractivity contribution is 4.95. The molecule has 0 radical (unpaired) electrons. The molecule has 0 aromatic rings. The van der Waals surface area contributed by atoms with Crippen molar-refractivity contribution in [2.45, 2.75) is 19.3 Å². The Bertz CT molecular complexity index is 130. The first-order valence-electron chi connectivity index (χ1n) is 4.75. The van der Waals surface area contributed by atoms with Crippen molar-refractivity contribution in [3.05, 3.63) is 0 Å². The van der Waals surface area contributed by atoms with E-state index in [0.717, 1.165) is 36.8 Å². The van der Waals surface area contributed by atoms with Gasteiger partial charge < -0.3 is 11.5 Å². The molecule has 0 heterocycles. The van der Waals surface area contributed by atoms with E-state index in [2.05, 4.69) is 0 Å². The highest BCUT2D eigenvalue weighted by Gasteiger charge is 2.44. The maximum absolute atomic E-state index is 5.68. The van der Waals surface area contributed by atoms with E-state index in [1.54, 1.807) is 0 Å². The average molecular weight is 154 g/mol. The molecule has 2 nitrogen and oxygen atoms in total. The summed E-state index contributed by atoms with van der Waals surface area (Å²) in [5, 5.41) is 0. The van der Waals surface area contributed by atoms with Crippen molar-refractivity contribution >= 4 is 0 Å². The minimum Gasteiger partial charge on any atom is -0.330 e. The van der Waals surface area contributed by atoms with E-state index in [1.165, 1.54) is 19.3 Å². The van der Waals surface area contributed by atoms with Gasteiger partial charge in [0.25, 0.3) is 0 Å². The van der Waals surface area contributed by atoms with Gasteiger partial charge in [0, 0.05) is 0 Å². The van der Waals surface area contributed by atoms with Crippen LogP contribution in [-0.2, 0) is 0 Å². The second-order valence-electron chi connectivity index (χ2n) is 4.22. The zero-order chi connectivity index (χ0) is 7.84. The maximum Gasteiger partial charge on any atom is -0.00461 e. The van der Waals surface area contributed by atoms with Crippen LogP contribution in [0.4, 0.5) is 0 Å². The highest BCUT2D eigenvalue weighted by Crippen LogP contribution is 2.50. The molecule has 64 valence electrons. The molecule has 2 rings (SSSR count). The Hall–Kier alpha value is -0.0800. The first-order chi connectivity index (χ1) is 5.35. The van der Waals surface area contributed by atoms with Crippen LogP contribution in [0, 0.1) is 23.7 Å². The largest absolute Gasteiger partial charge is 0.330 e. The zero-order valence-corrected chi connectivity index (χ0v) is 7.00. The fourth-order valence-corrected chi connectivity index (χ4v) is 3.09. The summed E-state index contributed by atoms with van der Waals surface area (Å²) in [5.74, 6) is 3.53. The number of hydrogen-bond donors (Lipinski definition) is 2. The van der Waals surface area contributed by atoms with Gasteiger partial charge in [-0.15, -0.1) is 0 Å². The summed E-state index contributed by atoms with van der Waals surface area (Å²) in [6.45, 7) is 1.80. The molecule has 0 saturated heterocycles. The van der Waals surface area contributed by atoms with Gasteiger partial charge in [-0.1, -0.05) is 0 Å². The van der Waals surface area contributed by atoms with Gasteiger partial charge in [-0.25, -0.2) is 0 Å².